The highest BCUT2D eigenvalue weighted by atomic mass is 32.2. The maximum atomic E-state index is 14.1. The second kappa shape index (κ2) is 6.18. The third kappa shape index (κ3) is 3.13. The zero-order chi connectivity index (χ0) is 15.6. The molecule has 114 valence electrons. The molecule has 0 aliphatic rings. The van der Waals surface area contributed by atoms with Gasteiger partial charge < -0.3 is 5.11 Å². The van der Waals surface area contributed by atoms with Crippen LogP contribution in [0.3, 0.4) is 0 Å². The molecule has 0 aliphatic heterocycles. The Hall–Kier alpha value is -1.35. The summed E-state index contributed by atoms with van der Waals surface area (Å²) in [4.78, 5) is 0.151. The van der Waals surface area contributed by atoms with Gasteiger partial charge in [0.25, 0.3) is 0 Å². The number of aliphatic hydroxyl groups excluding tert-OH is 1. The Morgan fingerprint density at radius 3 is 2.57 bits per heavy atom. The molecule has 0 atom stereocenters. The number of sulfonamides is 1. The van der Waals surface area contributed by atoms with E-state index in [0.29, 0.717) is 0 Å². The van der Waals surface area contributed by atoms with Crippen molar-refractivity contribution in [1.82, 2.24) is 4.31 Å². The molecule has 0 amide bonds. The molecule has 1 N–H and O–H groups in total. The summed E-state index contributed by atoms with van der Waals surface area (Å²) in [5.74, 6) is -2.23. The summed E-state index contributed by atoms with van der Waals surface area (Å²) in [6.45, 7) is -0.819. The second-order valence-corrected chi connectivity index (χ2v) is 7.38. The van der Waals surface area contributed by atoms with E-state index >= 15 is 0 Å². The zero-order valence-electron chi connectivity index (χ0n) is 11.1. The van der Waals surface area contributed by atoms with Crippen molar-refractivity contribution in [2.75, 3.05) is 7.05 Å². The van der Waals surface area contributed by atoms with Crippen LogP contribution in [0.4, 0.5) is 8.78 Å². The molecule has 2 aromatic rings. The summed E-state index contributed by atoms with van der Waals surface area (Å²) in [6.07, 6.45) is 0. The molecule has 1 heterocycles. The number of thiophene rings is 1. The number of hydrogen-bond acceptors (Lipinski definition) is 4. The van der Waals surface area contributed by atoms with Crippen molar-refractivity contribution in [2.45, 2.75) is 18.0 Å². The highest BCUT2D eigenvalue weighted by Crippen LogP contribution is 2.25. The van der Waals surface area contributed by atoms with Crippen LogP contribution in [0.25, 0.3) is 0 Å². The summed E-state index contributed by atoms with van der Waals surface area (Å²) in [5, 5.41) is 10.8. The Bertz CT molecular complexity index is 730. The van der Waals surface area contributed by atoms with Gasteiger partial charge in [-0.05, 0) is 23.6 Å². The predicted octanol–water partition coefficient (Wildman–Crippen LogP) is 2.34. The van der Waals surface area contributed by atoms with Crippen LogP contribution in [-0.2, 0) is 23.2 Å². The fourth-order valence-corrected chi connectivity index (χ4v) is 3.87. The van der Waals surface area contributed by atoms with Gasteiger partial charge >= 0.3 is 0 Å². The van der Waals surface area contributed by atoms with E-state index in [1.54, 1.807) is 17.5 Å². The number of aliphatic hydroxyl groups is 1. The quantitative estimate of drug-likeness (QED) is 0.914. The van der Waals surface area contributed by atoms with Crippen LogP contribution in [0.5, 0.6) is 0 Å². The summed E-state index contributed by atoms with van der Waals surface area (Å²) in [5.41, 5.74) is -0.652. The lowest BCUT2D eigenvalue weighted by Gasteiger charge is -2.17. The lowest BCUT2D eigenvalue weighted by molar-refractivity contribution is 0.267. The summed E-state index contributed by atoms with van der Waals surface area (Å²) in [7, 11) is -2.79. The minimum atomic E-state index is -4.11. The third-order valence-electron chi connectivity index (χ3n) is 2.96. The number of hydrogen-bond donors (Lipinski definition) is 1. The van der Waals surface area contributed by atoms with Crippen molar-refractivity contribution in [2.24, 2.45) is 0 Å². The van der Waals surface area contributed by atoms with Gasteiger partial charge in [0.15, 0.2) is 5.82 Å². The monoisotopic (exact) mass is 333 g/mol. The Kier molecular flexibility index (Phi) is 4.72. The number of halogens is 2. The topological polar surface area (TPSA) is 57.6 Å². The minimum Gasteiger partial charge on any atom is -0.391 e. The van der Waals surface area contributed by atoms with Crippen molar-refractivity contribution in [3.05, 3.63) is 51.7 Å². The lowest BCUT2D eigenvalue weighted by Crippen LogP contribution is -2.27. The van der Waals surface area contributed by atoms with E-state index in [1.807, 2.05) is 0 Å². The first-order valence-corrected chi connectivity index (χ1v) is 8.26. The van der Waals surface area contributed by atoms with Gasteiger partial charge in [0, 0.05) is 18.5 Å². The van der Waals surface area contributed by atoms with Crippen molar-refractivity contribution >= 4 is 21.4 Å². The molecule has 8 heteroatoms. The molecule has 1 aromatic carbocycles. The summed E-state index contributed by atoms with van der Waals surface area (Å²) in [6, 6.07) is 5.24. The molecule has 0 aliphatic carbocycles. The molecule has 0 saturated heterocycles. The Balaban J connectivity index is 2.40. The van der Waals surface area contributed by atoms with Gasteiger partial charge in [0.05, 0.1) is 12.2 Å². The third-order valence-corrected chi connectivity index (χ3v) is 5.64. The highest BCUT2D eigenvalue weighted by Gasteiger charge is 2.27. The molecule has 0 saturated carbocycles. The van der Waals surface area contributed by atoms with Gasteiger partial charge in [-0.3, -0.25) is 0 Å². The van der Waals surface area contributed by atoms with E-state index in [4.69, 9.17) is 5.11 Å². The van der Waals surface area contributed by atoms with Crippen molar-refractivity contribution in [3.63, 3.8) is 0 Å². The summed E-state index contributed by atoms with van der Waals surface area (Å²) < 4.78 is 53.1. The molecular weight excluding hydrogens is 320 g/mol. The maximum absolute atomic E-state index is 14.1. The molecule has 0 bridgehead atoms. The zero-order valence-corrected chi connectivity index (χ0v) is 12.7. The molecule has 0 fully saturated rings. The van der Waals surface area contributed by atoms with E-state index in [9.17, 15) is 17.2 Å². The Morgan fingerprint density at radius 2 is 2.00 bits per heavy atom. The van der Waals surface area contributed by atoms with Crippen LogP contribution in [0.2, 0.25) is 0 Å². The van der Waals surface area contributed by atoms with Crippen LogP contribution >= 0.6 is 11.3 Å². The average molecular weight is 333 g/mol. The van der Waals surface area contributed by atoms with E-state index in [2.05, 4.69) is 0 Å². The molecule has 21 heavy (non-hydrogen) atoms. The van der Waals surface area contributed by atoms with E-state index in [-0.39, 0.29) is 6.54 Å². The summed E-state index contributed by atoms with van der Waals surface area (Å²) >= 11 is 1.38. The van der Waals surface area contributed by atoms with E-state index in [0.717, 1.165) is 21.3 Å². The standard InChI is InChI=1S/C13H13F2NO3S2/c1-16(7-9-3-2-6-20-9)21(18,19)12-5-4-11(14)10(8-17)13(12)15/h2-6,17H,7-8H2,1H3. The molecular formula is C13H13F2NO3S2. The Morgan fingerprint density at radius 1 is 1.29 bits per heavy atom. The number of nitrogens with zero attached hydrogens (tertiary/aromatic N) is 1. The molecule has 2 rings (SSSR count). The van der Waals surface area contributed by atoms with Crippen LogP contribution in [0, 0.1) is 11.6 Å². The number of benzene rings is 1. The first-order chi connectivity index (χ1) is 9.87. The number of rotatable bonds is 5. The minimum absolute atomic E-state index is 0.0886. The van der Waals surface area contributed by atoms with Gasteiger partial charge in [0.2, 0.25) is 10.0 Å². The molecule has 0 radical (unpaired) electrons. The van der Waals surface area contributed by atoms with Crippen LogP contribution in [-0.4, -0.2) is 24.9 Å². The fourth-order valence-electron chi connectivity index (χ4n) is 1.80. The second-order valence-electron chi connectivity index (χ2n) is 4.34. The van der Waals surface area contributed by atoms with Gasteiger partial charge in [0.1, 0.15) is 10.7 Å². The average Bonchev–Trinajstić information content (AvgIpc) is 2.91. The fraction of sp³-hybridized carbons (Fsp3) is 0.231. The van der Waals surface area contributed by atoms with Crippen molar-refractivity contribution in [1.29, 1.82) is 0 Å². The van der Waals surface area contributed by atoms with Crippen molar-refractivity contribution < 1.29 is 22.3 Å². The maximum Gasteiger partial charge on any atom is 0.246 e. The van der Waals surface area contributed by atoms with E-state index < -0.39 is 38.7 Å². The highest BCUT2D eigenvalue weighted by molar-refractivity contribution is 7.89. The Labute approximate surface area is 125 Å². The predicted molar refractivity (Wildman–Crippen MR) is 75.3 cm³/mol. The SMILES string of the molecule is CN(Cc1cccs1)S(=O)(=O)c1ccc(F)c(CO)c1F. The molecule has 1 aromatic heterocycles. The van der Waals surface area contributed by atoms with Gasteiger partial charge in [-0.15, -0.1) is 11.3 Å². The van der Waals surface area contributed by atoms with E-state index in [1.165, 1.54) is 18.4 Å². The first kappa shape index (κ1) is 16.0. The van der Waals surface area contributed by atoms with Gasteiger partial charge in [-0.25, -0.2) is 17.2 Å². The largest absolute Gasteiger partial charge is 0.391 e. The normalized spacial score (nSPS) is 12.0. The van der Waals surface area contributed by atoms with Gasteiger partial charge in [-0.2, -0.15) is 4.31 Å². The van der Waals surface area contributed by atoms with Crippen LogP contribution < -0.4 is 0 Å². The smallest absolute Gasteiger partial charge is 0.246 e. The van der Waals surface area contributed by atoms with Gasteiger partial charge in [-0.1, -0.05) is 6.07 Å². The molecule has 0 spiro atoms. The molecule has 4 nitrogen and oxygen atoms in total. The first-order valence-electron chi connectivity index (χ1n) is 5.94. The van der Waals surface area contributed by atoms with Crippen molar-refractivity contribution in [3.8, 4) is 0 Å². The lowest BCUT2D eigenvalue weighted by atomic mass is 10.2. The van der Waals surface area contributed by atoms with Crippen LogP contribution in [0.1, 0.15) is 10.4 Å². The van der Waals surface area contributed by atoms with Crippen LogP contribution in [0.15, 0.2) is 34.5 Å². The molecule has 0 unspecified atom stereocenters.